The summed E-state index contributed by atoms with van der Waals surface area (Å²) in [6.45, 7) is 7.64. The first-order valence-corrected chi connectivity index (χ1v) is 9.84. The molecule has 1 heterocycles. The Balaban J connectivity index is 1.26. The Morgan fingerprint density at radius 2 is 2.04 bits per heavy atom. The van der Waals surface area contributed by atoms with Crippen LogP contribution >= 0.6 is 0 Å². The summed E-state index contributed by atoms with van der Waals surface area (Å²) in [5.41, 5.74) is 3.64. The second kappa shape index (κ2) is 5.21. The van der Waals surface area contributed by atoms with E-state index in [1.165, 1.54) is 19.3 Å². The van der Waals surface area contributed by atoms with Gasteiger partial charge in [-0.2, -0.15) is 0 Å². The zero-order valence-electron chi connectivity index (χ0n) is 15.8. The number of carbonyl (C=O) groups is 1. The van der Waals surface area contributed by atoms with Crippen molar-refractivity contribution in [3.8, 4) is 5.69 Å². The van der Waals surface area contributed by atoms with Crippen LogP contribution in [-0.2, 0) is 0 Å². The fourth-order valence-electron chi connectivity index (χ4n) is 6.27. The Labute approximate surface area is 155 Å². The van der Waals surface area contributed by atoms with Gasteiger partial charge in [0.25, 0.3) is 5.91 Å². The van der Waals surface area contributed by atoms with E-state index in [4.69, 9.17) is 0 Å². The molecule has 1 N–H and O–H groups in total. The fourth-order valence-corrected chi connectivity index (χ4v) is 6.27. The number of imidazole rings is 1. The smallest absolute Gasteiger partial charge is 0.271 e. The van der Waals surface area contributed by atoms with E-state index in [0.29, 0.717) is 22.4 Å². The number of hydrogen-bond donors (Lipinski definition) is 1. The van der Waals surface area contributed by atoms with Crippen LogP contribution in [0, 0.1) is 35.5 Å². The van der Waals surface area contributed by atoms with Gasteiger partial charge in [-0.3, -0.25) is 4.79 Å². The van der Waals surface area contributed by atoms with Gasteiger partial charge in [0.1, 0.15) is 12.0 Å². The molecule has 4 atom stereocenters. The van der Waals surface area contributed by atoms with Crippen LogP contribution in [0.4, 0.5) is 0 Å². The van der Waals surface area contributed by atoms with Crippen LogP contribution in [-0.4, -0.2) is 22.0 Å². The van der Waals surface area contributed by atoms with Crippen LogP contribution in [0.2, 0.25) is 0 Å². The summed E-state index contributed by atoms with van der Waals surface area (Å²) in [4.78, 5) is 17.1. The number of rotatable bonds is 4. The van der Waals surface area contributed by atoms with Gasteiger partial charge in [-0.15, -0.1) is 0 Å². The highest BCUT2D eigenvalue weighted by Crippen LogP contribution is 2.89. The molecule has 3 aliphatic rings. The van der Waals surface area contributed by atoms with Crippen LogP contribution in [0.5, 0.6) is 0 Å². The Morgan fingerprint density at radius 1 is 1.27 bits per heavy atom. The first kappa shape index (κ1) is 16.1. The summed E-state index contributed by atoms with van der Waals surface area (Å²) in [5, 5.41) is 3.18. The number of para-hydroxylation sites is 1. The second-order valence-electron chi connectivity index (χ2n) is 9.06. The summed E-state index contributed by atoms with van der Waals surface area (Å²) >= 11 is 0. The van der Waals surface area contributed by atoms with Crippen LogP contribution in [0.15, 0.2) is 36.7 Å². The lowest BCUT2D eigenvalue weighted by Gasteiger charge is -2.21. The van der Waals surface area contributed by atoms with Crippen molar-refractivity contribution in [1.82, 2.24) is 14.9 Å². The Hall–Kier alpha value is -2.10. The highest BCUT2D eigenvalue weighted by atomic mass is 16.1. The monoisotopic (exact) mass is 349 g/mol. The average Bonchev–Trinajstić information content (AvgIpc) is 3.44. The Bertz CT molecular complexity index is 869. The summed E-state index contributed by atoms with van der Waals surface area (Å²) in [7, 11) is 0. The molecule has 0 saturated heterocycles. The molecule has 136 valence electrons. The summed E-state index contributed by atoms with van der Waals surface area (Å²) in [6.07, 6.45) is 5.73. The molecule has 1 aromatic carbocycles. The SMILES string of the molecule is Cc1c(C(=O)NCC2CCC3C(C)(C)C34CC24)ncn1-c1ccccc1. The van der Waals surface area contributed by atoms with E-state index in [0.717, 1.165) is 29.8 Å². The predicted octanol–water partition coefficient (Wildman–Crippen LogP) is 3.98. The van der Waals surface area contributed by atoms with Crippen molar-refractivity contribution in [2.45, 2.75) is 40.0 Å². The molecule has 26 heavy (non-hydrogen) atoms. The standard InChI is InChI=1S/C22H27N3O/c1-14-19(24-13-25(14)16-7-5-4-6-8-16)20(26)23-12-15-9-10-18-21(2,3)22(18)11-17(15)22/h4-8,13,15,17-18H,9-12H2,1-3H3,(H,23,26). The number of aromatic nitrogens is 2. The molecule has 4 heteroatoms. The molecule has 1 amide bonds. The average molecular weight is 349 g/mol. The van der Waals surface area contributed by atoms with Gasteiger partial charge in [0.2, 0.25) is 0 Å². The third kappa shape index (κ3) is 2.02. The van der Waals surface area contributed by atoms with Gasteiger partial charge >= 0.3 is 0 Å². The van der Waals surface area contributed by atoms with Crippen molar-refractivity contribution in [2.24, 2.45) is 28.6 Å². The van der Waals surface area contributed by atoms with Gasteiger partial charge < -0.3 is 9.88 Å². The van der Waals surface area contributed by atoms with Crippen LogP contribution in [0.3, 0.4) is 0 Å². The maximum absolute atomic E-state index is 12.7. The minimum absolute atomic E-state index is 0.0379. The first-order valence-electron chi connectivity index (χ1n) is 9.84. The maximum Gasteiger partial charge on any atom is 0.271 e. The minimum atomic E-state index is -0.0379. The predicted molar refractivity (Wildman–Crippen MR) is 101 cm³/mol. The molecule has 2 aromatic rings. The van der Waals surface area contributed by atoms with E-state index in [9.17, 15) is 4.79 Å². The molecule has 4 nitrogen and oxygen atoms in total. The number of amides is 1. The van der Waals surface area contributed by atoms with Gasteiger partial charge in [0, 0.05) is 12.2 Å². The lowest BCUT2D eigenvalue weighted by molar-refractivity contribution is 0.0936. The van der Waals surface area contributed by atoms with E-state index in [-0.39, 0.29) is 5.91 Å². The normalized spacial score (nSPS) is 33.1. The number of carbonyl (C=O) groups excluding carboxylic acids is 1. The molecule has 4 unspecified atom stereocenters. The molecule has 5 rings (SSSR count). The topological polar surface area (TPSA) is 46.9 Å². The second-order valence-corrected chi connectivity index (χ2v) is 9.06. The maximum atomic E-state index is 12.7. The molecular weight excluding hydrogens is 322 g/mol. The third-order valence-corrected chi connectivity index (χ3v) is 7.84. The number of nitrogens with zero attached hydrogens (tertiary/aromatic N) is 2. The van der Waals surface area contributed by atoms with Gasteiger partial charge in [0.15, 0.2) is 0 Å². The molecule has 0 bridgehead atoms. The van der Waals surface area contributed by atoms with Crippen molar-refractivity contribution in [1.29, 1.82) is 0 Å². The summed E-state index contributed by atoms with van der Waals surface area (Å²) in [5.74, 6) is 2.38. The van der Waals surface area contributed by atoms with E-state index in [2.05, 4.69) is 24.1 Å². The number of hydrogen-bond acceptors (Lipinski definition) is 2. The quantitative estimate of drug-likeness (QED) is 0.907. The van der Waals surface area contributed by atoms with E-state index in [1.807, 2.05) is 41.8 Å². The fraction of sp³-hybridized carbons (Fsp3) is 0.545. The van der Waals surface area contributed by atoms with Crippen molar-refractivity contribution in [2.75, 3.05) is 6.54 Å². The highest BCUT2D eigenvalue weighted by Gasteiger charge is 2.84. The van der Waals surface area contributed by atoms with Gasteiger partial charge in [-0.25, -0.2) is 4.98 Å². The molecule has 0 radical (unpaired) electrons. The van der Waals surface area contributed by atoms with Crippen LogP contribution < -0.4 is 5.32 Å². The van der Waals surface area contributed by atoms with Gasteiger partial charge in [0.05, 0.1) is 5.69 Å². The van der Waals surface area contributed by atoms with Gasteiger partial charge in [-0.05, 0) is 66.9 Å². The van der Waals surface area contributed by atoms with Crippen molar-refractivity contribution >= 4 is 5.91 Å². The molecule has 0 aliphatic heterocycles. The molecule has 1 aromatic heterocycles. The van der Waals surface area contributed by atoms with E-state index in [1.54, 1.807) is 6.33 Å². The van der Waals surface area contributed by atoms with Crippen molar-refractivity contribution < 1.29 is 4.79 Å². The number of nitrogens with one attached hydrogen (secondary N) is 1. The van der Waals surface area contributed by atoms with Crippen LogP contribution in [0.1, 0.15) is 49.3 Å². The van der Waals surface area contributed by atoms with Crippen molar-refractivity contribution in [3.05, 3.63) is 48.0 Å². The summed E-state index contributed by atoms with van der Waals surface area (Å²) < 4.78 is 1.97. The van der Waals surface area contributed by atoms with E-state index < -0.39 is 0 Å². The van der Waals surface area contributed by atoms with Crippen LogP contribution in [0.25, 0.3) is 5.69 Å². The lowest BCUT2D eigenvalue weighted by Crippen LogP contribution is -2.32. The van der Waals surface area contributed by atoms with Gasteiger partial charge in [-0.1, -0.05) is 32.0 Å². The van der Waals surface area contributed by atoms with E-state index >= 15 is 0 Å². The lowest BCUT2D eigenvalue weighted by atomic mass is 9.89. The number of benzene rings is 1. The zero-order chi connectivity index (χ0) is 18.1. The minimum Gasteiger partial charge on any atom is -0.350 e. The zero-order valence-corrected chi connectivity index (χ0v) is 15.8. The Kier molecular flexibility index (Phi) is 3.23. The molecular formula is C22H27N3O. The largest absolute Gasteiger partial charge is 0.350 e. The molecule has 3 fully saturated rings. The first-order chi connectivity index (χ1) is 12.5. The molecule has 3 aliphatic carbocycles. The Morgan fingerprint density at radius 3 is 2.81 bits per heavy atom. The highest BCUT2D eigenvalue weighted by molar-refractivity contribution is 5.93. The molecule has 1 spiro atoms. The third-order valence-electron chi connectivity index (χ3n) is 7.84. The summed E-state index contributed by atoms with van der Waals surface area (Å²) in [6, 6.07) is 10.0. The van der Waals surface area contributed by atoms with Crippen molar-refractivity contribution in [3.63, 3.8) is 0 Å². The molecule has 3 saturated carbocycles.